The Labute approximate surface area is 136 Å². The number of nitrogens with two attached hydrogens (primary N) is 1. The zero-order valence-corrected chi connectivity index (χ0v) is 13.7. The molecule has 120 valence electrons. The summed E-state index contributed by atoms with van der Waals surface area (Å²) in [6.45, 7) is 0. The van der Waals surface area contributed by atoms with Crippen LogP contribution < -0.4 is 11.1 Å². The van der Waals surface area contributed by atoms with Gasteiger partial charge in [0.1, 0.15) is 17.2 Å². The van der Waals surface area contributed by atoms with Crippen LogP contribution in [0.4, 0.5) is 8.78 Å². The smallest absolute Gasteiger partial charge is 0.257 e. The maximum atomic E-state index is 13.9. The molecule has 0 aliphatic heterocycles. The average molecular weight is 373 g/mol. The number of halogens is 3. The van der Waals surface area contributed by atoms with E-state index >= 15 is 0 Å². The van der Waals surface area contributed by atoms with E-state index in [9.17, 15) is 13.6 Å². The predicted octanol–water partition coefficient (Wildman–Crippen LogP) is 3.36. The third kappa shape index (κ3) is 3.04. The summed E-state index contributed by atoms with van der Waals surface area (Å²) in [6, 6.07) is 2.36. The van der Waals surface area contributed by atoms with Crippen molar-refractivity contribution < 1.29 is 13.6 Å². The molecule has 1 aromatic carbocycles. The third-order valence-electron chi connectivity index (χ3n) is 4.91. The average Bonchev–Trinajstić information content (AvgIpc) is 2.38. The summed E-state index contributed by atoms with van der Waals surface area (Å²) < 4.78 is 28.1. The van der Waals surface area contributed by atoms with Crippen LogP contribution in [0.3, 0.4) is 0 Å². The molecule has 0 spiro atoms. The molecule has 2 unspecified atom stereocenters. The van der Waals surface area contributed by atoms with E-state index in [0.29, 0.717) is 11.8 Å². The number of nitrogens with one attached hydrogen (secondary N) is 1. The van der Waals surface area contributed by atoms with Gasteiger partial charge in [0.05, 0.1) is 0 Å². The maximum absolute atomic E-state index is 13.9. The molecule has 1 amide bonds. The van der Waals surface area contributed by atoms with Gasteiger partial charge < -0.3 is 11.1 Å². The predicted molar refractivity (Wildman–Crippen MR) is 83.4 cm³/mol. The fraction of sp³-hybridized carbons (Fsp3) is 0.562. The molecule has 6 heteroatoms. The quantitative estimate of drug-likeness (QED) is 0.835. The fourth-order valence-electron chi connectivity index (χ4n) is 4.01. The first kappa shape index (κ1) is 15.9. The Bertz CT molecular complexity index is 559. The van der Waals surface area contributed by atoms with Crippen LogP contribution in [0.15, 0.2) is 16.6 Å². The van der Waals surface area contributed by atoms with Gasteiger partial charge in [-0.25, -0.2) is 8.78 Å². The molecular formula is C16H19BrF2N2O. The highest BCUT2D eigenvalue weighted by atomic mass is 79.9. The summed E-state index contributed by atoms with van der Waals surface area (Å²) in [5.41, 5.74) is 5.55. The summed E-state index contributed by atoms with van der Waals surface area (Å²) in [5.74, 6) is -1.73. The van der Waals surface area contributed by atoms with Gasteiger partial charge in [-0.05, 0) is 49.7 Å². The zero-order valence-electron chi connectivity index (χ0n) is 12.1. The number of benzene rings is 1. The van der Waals surface area contributed by atoms with Gasteiger partial charge in [0.2, 0.25) is 0 Å². The number of carbonyl (C=O) groups excluding carboxylic acids is 1. The van der Waals surface area contributed by atoms with Crippen molar-refractivity contribution in [3.63, 3.8) is 0 Å². The van der Waals surface area contributed by atoms with Crippen LogP contribution in [0.5, 0.6) is 0 Å². The van der Waals surface area contributed by atoms with Crippen LogP contribution in [0, 0.1) is 23.5 Å². The third-order valence-corrected chi connectivity index (χ3v) is 5.37. The van der Waals surface area contributed by atoms with Crippen molar-refractivity contribution in [1.29, 1.82) is 0 Å². The monoisotopic (exact) mass is 372 g/mol. The van der Waals surface area contributed by atoms with Crippen LogP contribution in [0.1, 0.15) is 42.5 Å². The molecule has 22 heavy (non-hydrogen) atoms. The van der Waals surface area contributed by atoms with E-state index in [1.165, 1.54) is 0 Å². The standard InChI is InChI=1S/C16H19BrF2N2O/c17-10-6-12(18)14(13(19)7-10)16(22)21-15-8-2-1-3-9(15)5-11(20)4-8/h6-9,11,15H,1-5,20H2,(H,21,22). The van der Waals surface area contributed by atoms with Crippen LogP contribution in [0.2, 0.25) is 0 Å². The van der Waals surface area contributed by atoms with E-state index in [1.54, 1.807) is 0 Å². The summed E-state index contributed by atoms with van der Waals surface area (Å²) >= 11 is 3.02. The second kappa shape index (κ2) is 6.24. The van der Waals surface area contributed by atoms with Crippen molar-refractivity contribution in [2.45, 2.75) is 44.2 Å². The first-order valence-corrected chi connectivity index (χ1v) is 8.46. The topological polar surface area (TPSA) is 55.1 Å². The molecular weight excluding hydrogens is 354 g/mol. The van der Waals surface area contributed by atoms with Gasteiger partial charge in [0.25, 0.3) is 5.91 Å². The fourth-order valence-corrected chi connectivity index (χ4v) is 4.41. The van der Waals surface area contributed by atoms with Gasteiger partial charge in [0.15, 0.2) is 0 Å². The van der Waals surface area contributed by atoms with E-state index in [2.05, 4.69) is 21.2 Å². The first-order valence-electron chi connectivity index (χ1n) is 7.66. The summed E-state index contributed by atoms with van der Waals surface area (Å²) in [6.07, 6.45) is 4.90. The van der Waals surface area contributed by atoms with Gasteiger partial charge in [-0.3, -0.25) is 4.79 Å². The highest BCUT2D eigenvalue weighted by molar-refractivity contribution is 9.10. The number of hydrogen-bond acceptors (Lipinski definition) is 2. The highest BCUT2D eigenvalue weighted by Crippen LogP contribution is 2.39. The van der Waals surface area contributed by atoms with Crippen molar-refractivity contribution in [3.05, 3.63) is 33.8 Å². The molecule has 3 N–H and O–H groups in total. The summed E-state index contributed by atoms with van der Waals surface area (Å²) in [5, 5.41) is 2.87. The number of amides is 1. The van der Waals surface area contributed by atoms with E-state index in [4.69, 9.17) is 5.73 Å². The summed E-state index contributed by atoms with van der Waals surface area (Å²) in [7, 11) is 0. The van der Waals surface area contributed by atoms with E-state index < -0.39 is 23.1 Å². The largest absolute Gasteiger partial charge is 0.349 e. The van der Waals surface area contributed by atoms with Crippen molar-refractivity contribution in [3.8, 4) is 0 Å². The van der Waals surface area contributed by atoms with E-state index in [0.717, 1.165) is 44.2 Å². The second-order valence-corrected chi connectivity index (χ2v) is 7.34. The lowest BCUT2D eigenvalue weighted by Crippen LogP contribution is -2.53. The molecule has 0 radical (unpaired) electrons. The van der Waals surface area contributed by atoms with Crippen molar-refractivity contribution in [2.75, 3.05) is 0 Å². The molecule has 2 saturated carbocycles. The number of fused-ring (bicyclic) bond motifs is 2. The van der Waals surface area contributed by atoms with Crippen LogP contribution in [-0.4, -0.2) is 18.0 Å². The van der Waals surface area contributed by atoms with Crippen LogP contribution in [-0.2, 0) is 0 Å². The molecule has 3 nitrogen and oxygen atoms in total. The van der Waals surface area contributed by atoms with Gasteiger partial charge in [-0.2, -0.15) is 0 Å². The lowest BCUT2D eigenvalue weighted by Gasteiger charge is -2.45. The normalized spacial score (nSPS) is 30.9. The Morgan fingerprint density at radius 2 is 1.73 bits per heavy atom. The molecule has 0 aromatic heterocycles. The van der Waals surface area contributed by atoms with Crippen molar-refractivity contribution >= 4 is 21.8 Å². The number of hydrogen-bond donors (Lipinski definition) is 2. The van der Waals surface area contributed by atoms with Gasteiger partial charge in [0, 0.05) is 16.6 Å². The minimum absolute atomic E-state index is 0.0245. The second-order valence-electron chi connectivity index (χ2n) is 6.43. The molecule has 2 aliphatic rings. The molecule has 2 bridgehead atoms. The highest BCUT2D eigenvalue weighted by Gasteiger charge is 2.40. The zero-order chi connectivity index (χ0) is 15.9. The molecule has 0 heterocycles. The number of carbonyl (C=O) groups is 1. The van der Waals surface area contributed by atoms with E-state index in [-0.39, 0.29) is 16.6 Å². The van der Waals surface area contributed by atoms with Crippen LogP contribution in [0.25, 0.3) is 0 Å². The lowest BCUT2D eigenvalue weighted by atomic mass is 9.67. The Morgan fingerprint density at radius 3 is 2.27 bits per heavy atom. The Balaban J connectivity index is 1.80. The Hall–Kier alpha value is -1.01. The Morgan fingerprint density at radius 1 is 1.18 bits per heavy atom. The van der Waals surface area contributed by atoms with Gasteiger partial charge in [-0.15, -0.1) is 0 Å². The van der Waals surface area contributed by atoms with Crippen molar-refractivity contribution in [2.24, 2.45) is 17.6 Å². The molecule has 2 aliphatic carbocycles. The molecule has 0 saturated heterocycles. The molecule has 1 aromatic rings. The summed E-state index contributed by atoms with van der Waals surface area (Å²) in [4.78, 5) is 12.3. The molecule has 2 fully saturated rings. The maximum Gasteiger partial charge on any atom is 0.257 e. The van der Waals surface area contributed by atoms with Crippen molar-refractivity contribution in [1.82, 2.24) is 5.32 Å². The minimum atomic E-state index is -0.845. The van der Waals surface area contributed by atoms with Gasteiger partial charge >= 0.3 is 0 Å². The van der Waals surface area contributed by atoms with E-state index in [1.807, 2.05) is 0 Å². The number of rotatable bonds is 2. The molecule has 2 atom stereocenters. The molecule has 3 rings (SSSR count). The SMILES string of the molecule is NC1CC2CCCC(C1)C2NC(=O)c1c(F)cc(Br)cc1F. The lowest BCUT2D eigenvalue weighted by molar-refractivity contribution is 0.0748. The van der Waals surface area contributed by atoms with Crippen LogP contribution >= 0.6 is 15.9 Å². The Kier molecular flexibility index (Phi) is 4.50. The first-order chi connectivity index (χ1) is 10.5. The van der Waals surface area contributed by atoms with Gasteiger partial charge in [-0.1, -0.05) is 22.4 Å². The minimum Gasteiger partial charge on any atom is -0.349 e.